The third-order valence-electron chi connectivity index (χ3n) is 5.32. The van der Waals surface area contributed by atoms with Gasteiger partial charge in [0.25, 0.3) is 0 Å². The lowest BCUT2D eigenvalue weighted by Gasteiger charge is -2.44. The molecular formula is C17H36N2. The number of nitrogens with zero attached hydrogens (tertiary/aromatic N) is 1. The topological polar surface area (TPSA) is 29.3 Å². The molecule has 1 atom stereocenters. The smallest absolute Gasteiger partial charge is 0.00645 e. The second-order valence-corrected chi connectivity index (χ2v) is 6.97. The summed E-state index contributed by atoms with van der Waals surface area (Å²) in [7, 11) is 0. The normalized spacial score (nSPS) is 29.7. The van der Waals surface area contributed by atoms with E-state index in [1.54, 1.807) is 0 Å². The summed E-state index contributed by atoms with van der Waals surface area (Å²) in [6.45, 7) is 12.7. The minimum Gasteiger partial charge on any atom is -0.330 e. The predicted molar refractivity (Wildman–Crippen MR) is 85.4 cm³/mol. The van der Waals surface area contributed by atoms with E-state index >= 15 is 0 Å². The highest BCUT2D eigenvalue weighted by Gasteiger charge is 2.35. The van der Waals surface area contributed by atoms with Crippen molar-refractivity contribution >= 4 is 0 Å². The highest BCUT2D eigenvalue weighted by Crippen LogP contribution is 2.39. The molecule has 0 aromatic rings. The molecule has 0 radical (unpaired) electrons. The van der Waals surface area contributed by atoms with E-state index in [9.17, 15) is 0 Å². The van der Waals surface area contributed by atoms with Gasteiger partial charge in [0.15, 0.2) is 0 Å². The number of nitrogens with two attached hydrogens (primary N) is 1. The van der Waals surface area contributed by atoms with Crippen LogP contribution in [0, 0.1) is 11.3 Å². The summed E-state index contributed by atoms with van der Waals surface area (Å²) in [5.74, 6) is 0.910. The highest BCUT2D eigenvalue weighted by atomic mass is 15.2. The minimum absolute atomic E-state index is 0.406. The zero-order valence-corrected chi connectivity index (χ0v) is 13.8. The summed E-state index contributed by atoms with van der Waals surface area (Å²) in [5, 5.41) is 0. The van der Waals surface area contributed by atoms with Crippen LogP contribution in [0.5, 0.6) is 0 Å². The molecule has 0 heterocycles. The molecule has 19 heavy (non-hydrogen) atoms. The Balaban J connectivity index is 2.63. The number of rotatable bonds is 8. The monoisotopic (exact) mass is 268 g/mol. The van der Waals surface area contributed by atoms with Gasteiger partial charge in [-0.15, -0.1) is 0 Å². The van der Waals surface area contributed by atoms with Crippen molar-refractivity contribution in [3.05, 3.63) is 0 Å². The molecule has 1 aliphatic carbocycles. The van der Waals surface area contributed by atoms with E-state index in [2.05, 4.69) is 32.6 Å². The maximum atomic E-state index is 6.18. The molecule has 2 nitrogen and oxygen atoms in total. The first-order chi connectivity index (χ1) is 9.06. The molecule has 0 saturated heterocycles. The van der Waals surface area contributed by atoms with Crippen molar-refractivity contribution in [3.8, 4) is 0 Å². The molecule has 1 aliphatic rings. The van der Waals surface area contributed by atoms with Crippen LogP contribution in [0.1, 0.15) is 72.6 Å². The summed E-state index contributed by atoms with van der Waals surface area (Å²) in [6.07, 6.45) is 9.29. The Bertz CT molecular complexity index is 231. The summed E-state index contributed by atoms with van der Waals surface area (Å²) in [5.41, 5.74) is 6.58. The molecule has 2 heteroatoms. The van der Waals surface area contributed by atoms with E-state index in [0.717, 1.165) is 12.5 Å². The maximum Gasteiger partial charge on any atom is 0.00645 e. The largest absolute Gasteiger partial charge is 0.330 e. The van der Waals surface area contributed by atoms with Gasteiger partial charge in [0, 0.05) is 12.6 Å². The van der Waals surface area contributed by atoms with Crippen molar-refractivity contribution in [2.24, 2.45) is 17.1 Å². The Morgan fingerprint density at radius 3 is 2.37 bits per heavy atom. The molecule has 1 rings (SSSR count). The standard InChI is InChI=1S/C17H36N2/c1-5-7-12-19(16(4)6-2)14-17(13-18)10-8-15(3)9-11-17/h15-16H,5-14,18H2,1-4H3. The van der Waals surface area contributed by atoms with E-state index < -0.39 is 0 Å². The SMILES string of the molecule is CCCCN(CC1(CN)CCC(C)CC1)C(C)CC. The van der Waals surface area contributed by atoms with Crippen LogP contribution in [-0.4, -0.2) is 30.6 Å². The number of hydrogen-bond acceptors (Lipinski definition) is 2. The summed E-state index contributed by atoms with van der Waals surface area (Å²) in [4.78, 5) is 2.71. The summed E-state index contributed by atoms with van der Waals surface area (Å²) < 4.78 is 0. The molecule has 0 amide bonds. The Morgan fingerprint density at radius 2 is 1.89 bits per heavy atom. The van der Waals surface area contributed by atoms with Crippen molar-refractivity contribution < 1.29 is 0 Å². The summed E-state index contributed by atoms with van der Waals surface area (Å²) in [6, 6.07) is 0.703. The molecule has 0 aliphatic heterocycles. The average Bonchev–Trinajstić information content (AvgIpc) is 2.45. The molecule has 0 spiro atoms. The fraction of sp³-hybridized carbons (Fsp3) is 1.00. The van der Waals surface area contributed by atoms with Gasteiger partial charge in [0.1, 0.15) is 0 Å². The van der Waals surface area contributed by atoms with Crippen LogP contribution in [0.15, 0.2) is 0 Å². The Morgan fingerprint density at radius 1 is 1.26 bits per heavy atom. The minimum atomic E-state index is 0.406. The van der Waals surface area contributed by atoms with E-state index in [1.807, 2.05) is 0 Å². The van der Waals surface area contributed by atoms with Crippen molar-refractivity contribution in [2.45, 2.75) is 78.7 Å². The number of hydrogen-bond donors (Lipinski definition) is 1. The van der Waals surface area contributed by atoms with Crippen molar-refractivity contribution in [1.82, 2.24) is 4.90 Å². The lowest BCUT2D eigenvalue weighted by Crippen LogP contribution is -2.47. The van der Waals surface area contributed by atoms with E-state index in [4.69, 9.17) is 5.73 Å². The van der Waals surface area contributed by atoms with Gasteiger partial charge >= 0.3 is 0 Å². The quantitative estimate of drug-likeness (QED) is 0.720. The van der Waals surface area contributed by atoms with Crippen molar-refractivity contribution in [1.29, 1.82) is 0 Å². The Hall–Kier alpha value is -0.0800. The lowest BCUT2D eigenvalue weighted by atomic mass is 9.70. The highest BCUT2D eigenvalue weighted by molar-refractivity contribution is 4.89. The fourth-order valence-corrected chi connectivity index (χ4v) is 3.31. The molecular weight excluding hydrogens is 232 g/mol. The molecule has 1 fully saturated rings. The molecule has 114 valence electrons. The van der Waals surface area contributed by atoms with Crippen LogP contribution in [0.25, 0.3) is 0 Å². The van der Waals surface area contributed by atoms with E-state index in [1.165, 1.54) is 58.0 Å². The molecule has 2 N–H and O–H groups in total. The van der Waals surface area contributed by atoms with Crippen LogP contribution >= 0.6 is 0 Å². The number of unbranched alkanes of at least 4 members (excludes halogenated alkanes) is 1. The zero-order valence-electron chi connectivity index (χ0n) is 13.8. The maximum absolute atomic E-state index is 6.18. The van der Waals surface area contributed by atoms with Crippen molar-refractivity contribution in [3.63, 3.8) is 0 Å². The molecule has 1 unspecified atom stereocenters. The zero-order chi connectivity index (χ0) is 14.3. The van der Waals surface area contributed by atoms with Crippen LogP contribution in [0.4, 0.5) is 0 Å². The van der Waals surface area contributed by atoms with Gasteiger partial charge < -0.3 is 10.6 Å². The Labute approximate surface area is 121 Å². The van der Waals surface area contributed by atoms with Gasteiger partial charge in [-0.2, -0.15) is 0 Å². The molecule has 0 aromatic carbocycles. The third-order valence-corrected chi connectivity index (χ3v) is 5.32. The second kappa shape index (κ2) is 8.26. The molecule has 0 aromatic heterocycles. The van der Waals surface area contributed by atoms with Gasteiger partial charge in [0.05, 0.1) is 0 Å². The second-order valence-electron chi connectivity index (χ2n) is 6.97. The third kappa shape index (κ3) is 5.07. The van der Waals surface area contributed by atoms with Crippen LogP contribution in [0.3, 0.4) is 0 Å². The van der Waals surface area contributed by atoms with Gasteiger partial charge in [-0.25, -0.2) is 0 Å². The molecule has 0 bridgehead atoms. The molecule has 1 saturated carbocycles. The Kier molecular flexibility index (Phi) is 7.38. The lowest BCUT2D eigenvalue weighted by molar-refractivity contribution is 0.0713. The predicted octanol–water partition coefficient (Wildman–Crippen LogP) is 4.04. The summed E-state index contributed by atoms with van der Waals surface area (Å²) >= 11 is 0. The van der Waals surface area contributed by atoms with Gasteiger partial charge in [-0.3, -0.25) is 0 Å². The van der Waals surface area contributed by atoms with Crippen LogP contribution in [-0.2, 0) is 0 Å². The average molecular weight is 268 g/mol. The first-order valence-electron chi connectivity index (χ1n) is 8.51. The van der Waals surface area contributed by atoms with Crippen LogP contribution < -0.4 is 5.73 Å². The van der Waals surface area contributed by atoms with Gasteiger partial charge in [0.2, 0.25) is 0 Å². The van der Waals surface area contributed by atoms with Crippen LogP contribution in [0.2, 0.25) is 0 Å². The van der Waals surface area contributed by atoms with Gasteiger partial charge in [-0.1, -0.05) is 40.0 Å². The van der Waals surface area contributed by atoms with E-state index in [-0.39, 0.29) is 0 Å². The van der Waals surface area contributed by atoms with Crippen molar-refractivity contribution in [2.75, 3.05) is 19.6 Å². The van der Waals surface area contributed by atoms with E-state index in [0.29, 0.717) is 11.5 Å². The first kappa shape index (κ1) is 17.0. The first-order valence-corrected chi connectivity index (χ1v) is 8.51. The fourth-order valence-electron chi connectivity index (χ4n) is 3.31. The van der Waals surface area contributed by atoms with Gasteiger partial charge in [-0.05, 0) is 57.0 Å².